The van der Waals surface area contributed by atoms with Gasteiger partial charge < -0.3 is 20.7 Å². The van der Waals surface area contributed by atoms with E-state index in [4.69, 9.17) is 10.5 Å². The lowest BCUT2D eigenvalue weighted by Crippen LogP contribution is -2.53. The van der Waals surface area contributed by atoms with Gasteiger partial charge in [0, 0.05) is 30.9 Å². The Morgan fingerprint density at radius 3 is 2.58 bits per heavy atom. The van der Waals surface area contributed by atoms with Gasteiger partial charge in [0.25, 0.3) is 12.3 Å². The third-order valence-corrected chi connectivity index (χ3v) is 5.87. The fourth-order valence-corrected chi connectivity index (χ4v) is 4.01. The maximum atomic E-state index is 13.7. The molecule has 7 nitrogen and oxygen atoms in total. The minimum absolute atomic E-state index is 0.00430. The first-order valence-corrected chi connectivity index (χ1v) is 10.7. The number of benzene rings is 1. The summed E-state index contributed by atoms with van der Waals surface area (Å²) in [5.41, 5.74) is 5.15. The summed E-state index contributed by atoms with van der Waals surface area (Å²) in [5.74, 6) is -1.22. The second-order valence-electron chi connectivity index (χ2n) is 8.25. The van der Waals surface area contributed by atoms with E-state index in [1.807, 2.05) is 0 Å². The van der Waals surface area contributed by atoms with Crippen LogP contribution in [0.2, 0.25) is 0 Å². The van der Waals surface area contributed by atoms with E-state index in [0.717, 1.165) is 30.2 Å². The largest absolute Gasteiger partial charge is 0.401 e. The van der Waals surface area contributed by atoms with Gasteiger partial charge in [-0.1, -0.05) is 6.42 Å². The highest BCUT2D eigenvalue weighted by atomic mass is 19.4. The zero-order valence-electron chi connectivity index (χ0n) is 17.9. The van der Waals surface area contributed by atoms with Crippen molar-refractivity contribution >= 4 is 23.2 Å². The third kappa shape index (κ3) is 6.61. The molecule has 0 radical (unpaired) electrons. The van der Waals surface area contributed by atoms with E-state index >= 15 is 0 Å². The Labute approximate surface area is 188 Å². The van der Waals surface area contributed by atoms with Gasteiger partial charge in [-0.3, -0.25) is 14.5 Å². The SMILES string of the molecule is NC[C@@H](C(=O)Nc1ccc(N2CCOCC2=O)c(C(F)F)c1)N(CC1CCC1)CC(F)(F)F. The van der Waals surface area contributed by atoms with E-state index in [1.165, 1.54) is 17.0 Å². The predicted octanol–water partition coefficient (Wildman–Crippen LogP) is 2.92. The molecule has 0 aromatic heterocycles. The van der Waals surface area contributed by atoms with Crippen LogP contribution in [0.25, 0.3) is 0 Å². The molecular formula is C21H27F5N4O3. The summed E-state index contributed by atoms with van der Waals surface area (Å²) in [6, 6.07) is 2.35. The quantitative estimate of drug-likeness (QED) is 0.533. The first-order chi connectivity index (χ1) is 15.6. The van der Waals surface area contributed by atoms with Gasteiger partial charge in [0.15, 0.2) is 0 Å². The molecule has 1 aromatic carbocycles. The number of nitrogens with two attached hydrogens (primary N) is 1. The fourth-order valence-electron chi connectivity index (χ4n) is 4.01. The van der Waals surface area contributed by atoms with Crippen molar-refractivity contribution in [2.75, 3.05) is 49.6 Å². The molecule has 1 saturated heterocycles. The number of rotatable bonds is 9. The number of hydrogen-bond donors (Lipinski definition) is 2. The lowest BCUT2D eigenvalue weighted by Gasteiger charge is -2.36. The molecule has 2 aliphatic rings. The maximum absolute atomic E-state index is 13.7. The van der Waals surface area contributed by atoms with E-state index in [1.54, 1.807) is 0 Å². The summed E-state index contributed by atoms with van der Waals surface area (Å²) in [7, 11) is 0. The molecule has 2 amide bonds. The molecule has 1 saturated carbocycles. The van der Waals surface area contributed by atoms with E-state index in [9.17, 15) is 31.5 Å². The third-order valence-electron chi connectivity index (χ3n) is 5.87. The van der Waals surface area contributed by atoms with Crippen molar-refractivity contribution < 1.29 is 36.3 Å². The Hall–Kier alpha value is -2.31. The minimum atomic E-state index is -4.52. The maximum Gasteiger partial charge on any atom is 0.401 e. The normalized spacial score (nSPS) is 18.5. The molecule has 2 fully saturated rings. The average molecular weight is 478 g/mol. The number of hydrogen-bond acceptors (Lipinski definition) is 5. The second kappa shape index (κ2) is 10.7. The summed E-state index contributed by atoms with van der Waals surface area (Å²) in [6.45, 7) is -1.51. The number of ether oxygens (including phenoxy) is 1. The van der Waals surface area contributed by atoms with Gasteiger partial charge in [0.1, 0.15) is 12.6 Å². The number of anilines is 2. The Kier molecular flexibility index (Phi) is 8.24. The van der Waals surface area contributed by atoms with Crippen LogP contribution in [0, 0.1) is 5.92 Å². The standard InChI is InChI=1S/C21H27F5N4O3/c22-19(23)15-8-14(4-5-16(15)30-6-7-33-11-18(30)31)28-20(32)17(9-27)29(12-21(24,25)26)10-13-2-1-3-13/h4-5,8,13,17,19H,1-3,6-7,9-12,27H2,(H,28,32)/t17-/m0/s1. The van der Waals surface area contributed by atoms with Crippen molar-refractivity contribution in [2.45, 2.75) is 37.9 Å². The number of nitrogens with one attached hydrogen (secondary N) is 1. The first-order valence-electron chi connectivity index (χ1n) is 10.7. The summed E-state index contributed by atoms with van der Waals surface area (Å²) in [5, 5.41) is 2.42. The number of nitrogens with zero attached hydrogens (tertiary/aromatic N) is 2. The minimum Gasteiger partial charge on any atom is -0.370 e. The molecule has 1 atom stereocenters. The molecule has 1 aliphatic heterocycles. The highest BCUT2D eigenvalue weighted by Crippen LogP contribution is 2.34. The van der Waals surface area contributed by atoms with E-state index < -0.39 is 42.6 Å². The van der Waals surface area contributed by atoms with Crippen LogP contribution in [0.1, 0.15) is 31.3 Å². The predicted molar refractivity (Wildman–Crippen MR) is 111 cm³/mol. The molecule has 3 N–H and O–H groups in total. The molecule has 0 unspecified atom stereocenters. The smallest absolute Gasteiger partial charge is 0.370 e. The molecule has 0 spiro atoms. The second-order valence-corrected chi connectivity index (χ2v) is 8.25. The molecule has 184 valence electrons. The Bertz CT molecular complexity index is 848. The molecule has 1 aliphatic carbocycles. The Morgan fingerprint density at radius 2 is 2.03 bits per heavy atom. The van der Waals surface area contributed by atoms with Crippen molar-refractivity contribution in [3.8, 4) is 0 Å². The molecule has 1 aromatic rings. The fraction of sp³-hybridized carbons (Fsp3) is 0.619. The monoisotopic (exact) mass is 478 g/mol. The first kappa shape index (κ1) is 25.3. The highest BCUT2D eigenvalue weighted by Gasteiger charge is 2.38. The number of halogens is 5. The van der Waals surface area contributed by atoms with Crippen molar-refractivity contribution in [1.82, 2.24) is 4.90 Å². The summed E-state index contributed by atoms with van der Waals surface area (Å²) >= 11 is 0. The molecule has 33 heavy (non-hydrogen) atoms. The molecule has 12 heteroatoms. The zero-order chi connectivity index (χ0) is 24.2. The molecule has 0 bridgehead atoms. The van der Waals surface area contributed by atoms with E-state index in [2.05, 4.69) is 5.32 Å². The molecule has 3 rings (SSSR count). The highest BCUT2D eigenvalue weighted by molar-refractivity contribution is 5.97. The van der Waals surface area contributed by atoms with Gasteiger partial charge in [-0.15, -0.1) is 0 Å². The van der Waals surface area contributed by atoms with Crippen LogP contribution >= 0.6 is 0 Å². The van der Waals surface area contributed by atoms with Crippen LogP contribution in [0.3, 0.4) is 0 Å². The number of alkyl halides is 5. The lowest BCUT2D eigenvalue weighted by atomic mass is 9.85. The van der Waals surface area contributed by atoms with Gasteiger partial charge in [0.05, 0.1) is 18.8 Å². The van der Waals surface area contributed by atoms with Gasteiger partial charge in [0.2, 0.25) is 5.91 Å². The van der Waals surface area contributed by atoms with Crippen molar-refractivity contribution in [3.63, 3.8) is 0 Å². The van der Waals surface area contributed by atoms with Gasteiger partial charge in [-0.2, -0.15) is 13.2 Å². The van der Waals surface area contributed by atoms with Gasteiger partial charge >= 0.3 is 6.18 Å². The lowest BCUT2D eigenvalue weighted by molar-refractivity contribution is -0.155. The van der Waals surface area contributed by atoms with Crippen molar-refractivity contribution in [1.29, 1.82) is 0 Å². The molecule has 1 heterocycles. The molecular weight excluding hydrogens is 451 g/mol. The van der Waals surface area contributed by atoms with Crippen LogP contribution in [0.5, 0.6) is 0 Å². The van der Waals surface area contributed by atoms with Gasteiger partial charge in [-0.05, 0) is 37.0 Å². The number of carbonyl (C=O) groups is 2. The average Bonchev–Trinajstić information content (AvgIpc) is 2.70. The van der Waals surface area contributed by atoms with Crippen molar-refractivity contribution in [3.05, 3.63) is 23.8 Å². The number of amides is 2. The zero-order valence-corrected chi connectivity index (χ0v) is 17.9. The Morgan fingerprint density at radius 1 is 1.30 bits per heavy atom. The summed E-state index contributed by atoms with van der Waals surface area (Å²) < 4.78 is 71.8. The summed E-state index contributed by atoms with van der Waals surface area (Å²) in [4.78, 5) is 27.0. The van der Waals surface area contributed by atoms with E-state index in [0.29, 0.717) is 0 Å². The van der Waals surface area contributed by atoms with Crippen LogP contribution in [0.15, 0.2) is 18.2 Å². The van der Waals surface area contributed by atoms with E-state index in [-0.39, 0.29) is 50.1 Å². The topological polar surface area (TPSA) is 87.9 Å². The van der Waals surface area contributed by atoms with Gasteiger partial charge in [-0.25, -0.2) is 8.78 Å². The summed E-state index contributed by atoms with van der Waals surface area (Å²) in [6.07, 6.45) is -4.97. The van der Waals surface area contributed by atoms with Crippen LogP contribution < -0.4 is 16.0 Å². The van der Waals surface area contributed by atoms with Crippen molar-refractivity contribution in [2.24, 2.45) is 11.7 Å². The number of carbonyl (C=O) groups excluding carboxylic acids is 2. The van der Waals surface area contributed by atoms with Crippen LogP contribution in [-0.4, -0.2) is 68.3 Å². The number of morpholine rings is 1. The Balaban J connectivity index is 1.78. The van der Waals surface area contributed by atoms with Crippen LogP contribution in [0.4, 0.5) is 33.3 Å². The van der Waals surface area contributed by atoms with Crippen LogP contribution in [-0.2, 0) is 14.3 Å².